The predicted molar refractivity (Wildman–Crippen MR) is 75.3 cm³/mol. The molecule has 2 heteroatoms. The van der Waals surface area contributed by atoms with Crippen LogP contribution in [0.5, 0.6) is 0 Å². The lowest BCUT2D eigenvalue weighted by atomic mass is 9.46. The Kier molecular flexibility index (Phi) is 4.09. The minimum Gasteiger partial charge on any atom is -0.330 e. The second-order valence-electron chi connectivity index (χ2n) is 7.00. The molecule has 2 N–H and O–H groups in total. The first-order chi connectivity index (χ1) is 7.75. The van der Waals surface area contributed by atoms with E-state index in [0.29, 0.717) is 5.41 Å². The molecule has 1 atom stereocenters. The highest BCUT2D eigenvalue weighted by Crippen LogP contribution is 2.63. The fraction of sp³-hybridized carbons (Fsp3) is 1.00. The van der Waals surface area contributed by atoms with Crippen molar-refractivity contribution in [2.75, 3.05) is 6.54 Å². The van der Waals surface area contributed by atoms with Crippen LogP contribution in [0.25, 0.3) is 0 Å². The number of hydrogen-bond donors (Lipinski definition) is 1. The molecule has 0 amide bonds. The molecular formula is C15H28ClN. The summed E-state index contributed by atoms with van der Waals surface area (Å²) in [5.74, 6) is 4.08. The van der Waals surface area contributed by atoms with Crippen LogP contribution >= 0.6 is 12.4 Å². The molecule has 4 rings (SSSR count). The van der Waals surface area contributed by atoms with Crippen LogP contribution < -0.4 is 5.73 Å². The van der Waals surface area contributed by atoms with Crippen LogP contribution in [0.2, 0.25) is 0 Å². The summed E-state index contributed by atoms with van der Waals surface area (Å²) in [5.41, 5.74) is 6.77. The number of halogens is 1. The van der Waals surface area contributed by atoms with Crippen molar-refractivity contribution in [3.8, 4) is 0 Å². The largest absolute Gasteiger partial charge is 0.330 e. The second kappa shape index (κ2) is 5.09. The molecule has 0 radical (unpaired) electrons. The van der Waals surface area contributed by atoms with Gasteiger partial charge in [-0.3, -0.25) is 0 Å². The third-order valence-corrected chi connectivity index (χ3v) is 5.87. The molecule has 0 aromatic heterocycles. The molecule has 4 aliphatic rings. The Morgan fingerprint density at radius 1 is 1.06 bits per heavy atom. The van der Waals surface area contributed by atoms with Crippen molar-refractivity contribution in [3.63, 3.8) is 0 Å². The van der Waals surface area contributed by atoms with E-state index >= 15 is 0 Å². The summed E-state index contributed by atoms with van der Waals surface area (Å²) in [5, 5.41) is 0. The fourth-order valence-corrected chi connectivity index (χ4v) is 5.70. The van der Waals surface area contributed by atoms with Gasteiger partial charge in [-0.05, 0) is 80.6 Å². The van der Waals surface area contributed by atoms with Gasteiger partial charge in [0.15, 0.2) is 0 Å². The molecule has 4 fully saturated rings. The summed E-state index contributed by atoms with van der Waals surface area (Å²) < 4.78 is 0. The Bertz CT molecular complexity index is 228. The van der Waals surface area contributed by atoms with Crippen LogP contribution in [0.3, 0.4) is 0 Å². The number of nitrogens with two attached hydrogens (primary N) is 1. The zero-order chi connectivity index (χ0) is 11.2. The van der Waals surface area contributed by atoms with Crippen molar-refractivity contribution in [1.29, 1.82) is 0 Å². The van der Waals surface area contributed by atoms with Crippen LogP contribution in [0, 0.1) is 29.1 Å². The second-order valence-corrected chi connectivity index (χ2v) is 7.00. The van der Waals surface area contributed by atoms with Gasteiger partial charge in [0.25, 0.3) is 0 Å². The lowest BCUT2D eigenvalue weighted by Gasteiger charge is -2.59. The lowest BCUT2D eigenvalue weighted by molar-refractivity contribution is -0.0869. The molecule has 4 bridgehead atoms. The van der Waals surface area contributed by atoms with Crippen molar-refractivity contribution < 1.29 is 0 Å². The minimum atomic E-state index is 0. The quantitative estimate of drug-likeness (QED) is 0.810. The molecule has 1 nitrogen and oxygen atoms in total. The Morgan fingerprint density at radius 2 is 1.53 bits per heavy atom. The summed E-state index contributed by atoms with van der Waals surface area (Å²) in [7, 11) is 0. The Morgan fingerprint density at radius 3 is 1.88 bits per heavy atom. The monoisotopic (exact) mass is 257 g/mol. The van der Waals surface area contributed by atoms with Crippen molar-refractivity contribution in [2.24, 2.45) is 34.8 Å². The zero-order valence-electron chi connectivity index (χ0n) is 11.2. The molecule has 0 saturated heterocycles. The van der Waals surface area contributed by atoms with E-state index in [9.17, 15) is 0 Å². The number of hydrogen-bond acceptors (Lipinski definition) is 1. The van der Waals surface area contributed by atoms with E-state index in [0.717, 1.165) is 30.2 Å². The van der Waals surface area contributed by atoms with Crippen LogP contribution in [-0.4, -0.2) is 6.54 Å². The average molecular weight is 258 g/mol. The van der Waals surface area contributed by atoms with E-state index < -0.39 is 0 Å². The lowest BCUT2D eigenvalue weighted by Crippen LogP contribution is -2.51. The average Bonchev–Trinajstić information content (AvgIpc) is 2.23. The molecule has 0 heterocycles. The van der Waals surface area contributed by atoms with Crippen molar-refractivity contribution >= 4 is 12.4 Å². The highest BCUT2D eigenvalue weighted by molar-refractivity contribution is 5.85. The summed E-state index contributed by atoms with van der Waals surface area (Å²) in [6.45, 7) is 3.27. The highest BCUT2D eigenvalue weighted by atomic mass is 35.5. The van der Waals surface area contributed by atoms with Crippen LogP contribution in [0.1, 0.15) is 58.3 Å². The predicted octanol–water partition coefficient (Wildman–Crippen LogP) is 4.00. The van der Waals surface area contributed by atoms with E-state index in [1.165, 1.54) is 32.1 Å². The molecule has 0 aliphatic heterocycles. The molecule has 17 heavy (non-hydrogen) atoms. The van der Waals surface area contributed by atoms with Crippen LogP contribution in [0.4, 0.5) is 0 Å². The molecule has 0 aromatic carbocycles. The third kappa shape index (κ3) is 2.26. The first-order valence-electron chi connectivity index (χ1n) is 7.46. The van der Waals surface area contributed by atoms with E-state index in [1.54, 1.807) is 19.3 Å². The summed E-state index contributed by atoms with van der Waals surface area (Å²) in [6, 6.07) is 0. The Balaban J connectivity index is 0.00000108. The van der Waals surface area contributed by atoms with Gasteiger partial charge >= 0.3 is 0 Å². The van der Waals surface area contributed by atoms with Crippen LogP contribution in [0.15, 0.2) is 0 Å². The standard InChI is InChI=1S/C15H27N.ClH/c1-2-3-14(10-16)15-7-11-4-12(8-15)6-13(5-11)9-15;/h11-14H,2-10,16H2,1H3;1H. The Hall–Kier alpha value is 0.250. The van der Waals surface area contributed by atoms with Crippen molar-refractivity contribution in [3.05, 3.63) is 0 Å². The summed E-state index contributed by atoms with van der Waals surface area (Å²) in [4.78, 5) is 0. The smallest absolute Gasteiger partial charge is 0.00436 e. The molecule has 1 unspecified atom stereocenters. The maximum atomic E-state index is 6.08. The number of rotatable bonds is 4. The Labute approximate surface area is 112 Å². The van der Waals surface area contributed by atoms with Gasteiger partial charge < -0.3 is 5.73 Å². The first-order valence-corrected chi connectivity index (χ1v) is 7.46. The molecule has 0 spiro atoms. The van der Waals surface area contributed by atoms with Crippen molar-refractivity contribution in [1.82, 2.24) is 0 Å². The van der Waals surface area contributed by atoms with Gasteiger partial charge in [0, 0.05) is 0 Å². The van der Waals surface area contributed by atoms with Gasteiger partial charge in [-0.25, -0.2) is 0 Å². The topological polar surface area (TPSA) is 26.0 Å². The van der Waals surface area contributed by atoms with Gasteiger partial charge in [-0.1, -0.05) is 13.3 Å². The normalized spacial score (nSPS) is 44.5. The third-order valence-electron chi connectivity index (χ3n) is 5.87. The van der Waals surface area contributed by atoms with E-state index in [4.69, 9.17) is 5.73 Å². The van der Waals surface area contributed by atoms with E-state index in [2.05, 4.69) is 6.92 Å². The van der Waals surface area contributed by atoms with Gasteiger partial charge in [0.05, 0.1) is 0 Å². The fourth-order valence-electron chi connectivity index (χ4n) is 5.70. The molecular weight excluding hydrogens is 230 g/mol. The molecule has 4 aliphatic carbocycles. The van der Waals surface area contributed by atoms with E-state index in [-0.39, 0.29) is 12.4 Å². The zero-order valence-corrected chi connectivity index (χ0v) is 12.0. The molecule has 0 aromatic rings. The first kappa shape index (κ1) is 13.7. The van der Waals surface area contributed by atoms with Gasteiger partial charge in [-0.2, -0.15) is 0 Å². The molecule has 4 saturated carbocycles. The highest BCUT2D eigenvalue weighted by Gasteiger charge is 2.53. The minimum absolute atomic E-state index is 0. The summed E-state index contributed by atoms with van der Waals surface area (Å²) in [6.07, 6.45) is 12.0. The van der Waals surface area contributed by atoms with Crippen LogP contribution in [-0.2, 0) is 0 Å². The van der Waals surface area contributed by atoms with Gasteiger partial charge in [0.1, 0.15) is 0 Å². The van der Waals surface area contributed by atoms with Gasteiger partial charge in [0.2, 0.25) is 0 Å². The van der Waals surface area contributed by atoms with E-state index in [1.807, 2.05) is 0 Å². The van der Waals surface area contributed by atoms with Crippen molar-refractivity contribution in [2.45, 2.75) is 58.3 Å². The SMILES string of the molecule is CCCC(CN)C12CC3CC(CC(C3)C1)C2.Cl. The summed E-state index contributed by atoms with van der Waals surface area (Å²) >= 11 is 0. The maximum Gasteiger partial charge on any atom is -0.00436 e. The maximum absolute atomic E-state index is 6.08. The molecule has 100 valence electrons. The van der Waals surface area contributed by atoms with Gasteiger partial charge in [-0.15, -0.1) is 12.4 Å².